The minimum atomic E-state index is -1.16. The molecular formula is C20H15ClN2O4S2. The Hall–Kier alpha value is -2.81. The first-order chi connectivity index (χ1) is 13.9. The number of aromatic carboxylic acids is 1. The number of amides is 2. The monoisotopic (exact) mass is 446 g/mol. The van der Waals surface area contributed by atoms with Crippen LogP contribution in [0.25, 0.3) is 0 Å². The van der Waals surface area contributed by atoms with Gasteiger partial charge in [-0.25, -0.2) is 4.79 Å². The minimum absolute atomic E-state index is 0.0775. The second kappa shape index (κ2) is 9.60. The summed E-state index contributed by atoms with van der Waals surface area (Å²) in [6, 6.07) is 15.0. The van der Waals surface area contributed by atoms with E-state index in [4.69, 9.17) is 16.7 Å². The summed E-state index contributed by atoms with van der Waals surface area (Å²) < 4.78 is 0. The van der Waals surface area contributed by atoms with Crippen LogP contribution in [-0.2, 0) is 4.79 Å². The Morgan fingerprint density at radius 1 is 1.00 bits per heavy atom. The van der Waals surface area contributed by atoms with Crippen LogP contribution in [0, 0.1) is 0 Å². The molecule has 0 saturated heterocycles. The summed E-state index contributed by atoms with van der Waals surface area (Å²) in [5.41, 5.74) is 0.915. The van der Waals surface area contributed by atoms with E-state index in [1.165, 1.54) is 41.3 Å². The van der Waals surface area contributed by atoms with E-state index < -0.39 is 5.97 Å². The first kappa shape index (κ1) is 20.9. The third kappa shape index (κ3) is 5.83. The van der Waals surface area contributed by atoms with Crippen molar-refractivity contribution in [3.63, 3.8) is 0 Å². The van der Waals surface area contributed by atoms with Crippen molar-refractivity contribution in [1.29, 1.82) is 0 Å². The number of rotatable bonds is 7. The molecule has 3 aromatic rings. The number of nitrogens with one attached hydrogen (secondary N) is 2. The Bertz CT molecular complexity index is 1050. The lowest BCUT2D eigenvalue weighted by Crippen LogP contribution is -2.14. The summed E-state index contributed by atoms with van der Waals surface area (Å²) in [4.78, 5) is 36.9. The van der Waals surface area contributed by atoms with E-state index in [1.54, 1.807) is 24.3 Å². The Kier molecular flexibility index (Phi) is 6.92. The smallest absolute Gasteiger partial charge is 0.337 e. The van der Waals surface area contributed by atoms with Crippen LogP contribution in [-0.4, -0.2) is 28.6 Å². The van der Waals surface area contributed by atoms with Gasteiger partial charge in [-0.05, 0) is 47.8 Å². The van der Waals surface area contributed by atoms with Gasteiger partial charge in [0.2, 0.25) is 5.91 Å². The summed E-state index contributed by atoms with van der Waals surface area (Å²) in [5, 5.41) is 16.5. The zero-order chi connectivity index (χ0) is 20.8. The number of thioether (sulfide) groups is 1. The molecule has 3 rings (SSSR count). The second-order valence-corrected chi connectivity index (χ2v) is 8.20. The van der Waals surface area contributed by atoms with Crippen molar-refractivity contribution in [3.05, 3.63) is 75.4 Å². The number of carbonyl (C=O) groups is 3. The van der Waals surface area contributed by atoms with Crippen molar-refractivity contribution < 1.29 is 19.5 Å². The van der Waals surface area contributed by atoms with Crippen LogP contribution in [0.1, 0.15) is 20.0 Å². The molecule has 0 unspecified atom stereocenters. The molecule has 2 amide bonds. The zero-order valence-corrected chi connectivity index (χ0v) is 17.2. The summed E-state index contributed by atoms with van der Waals surface area (Å²) in [6.45, 7) is 0. The van der Waals surface area contributed by atoms with Crippen LogP contribution in [0.5, 0.6) is 0 Å². The predicted molar refractivity (Wildman–Crippen MR) is 116 cm³/mol. The minimum Gasteiger partial charge on any atom is -0.478 e. The molecule has 0 spiro atoms. The third-order valence-electron chi connectivity index (χ3n) is 3.69. The van der Waals surface area contributed by atoms with E-state index in [-0.39, 0.29) is 28.2 Å². The number of anilines is 2. The molecule has 0 bridgehead atoms. The van der Waals surface area contributed by atoms with Crippen LogP contribution >= 0.6 is 34.7 Å². The van der Waals surface area contributed by atoms with Crippen LogP contribution in [0.3, 0.4) is 0 Å². The van der Waals surface area contributed by atoms with Crippen LogP contribution in [0.15, 0.2) is 64.9 Å². The highest BCUT2D eigenvalue weighted by molar-refractivity contribution is 8.00. The molecule has 1 aromatic heterocycles. The normalized spacial score (nSPS) is 10.4. The van der Waals surface area contributed by atoms with Gasteiger partial charge in [0.05, 0.1) is 21.2 Å². The maximum absolute atomic E-state index is 12.2. The number of hydrogen-bond acceptors (Lipinski definition) is 5. The van der Waals surface area contributed by atoms with Gasteiger partial charge >= 0.3 is 5.97 Å². The molecule has 0 aliphatic heterocycles. The Morgan fingerprint density at radius 3 is 2.52 bits per heavy atom. The fourth-order valence-electron chi connectivity index (χ4n) is 2.38. The van der Waals surface area contributed by atoms with Gasteiger partial charge in [-0.1, -0.05) is 23.7 Å². The Morgan fingerprint density at radius 2 is 1.79 bits per heavy atom. The van der Waals surface area contributed by atoms with Gasteiger partial charge in [0.15, 0.2) is 0 Å². The first-order valence-electron chi connectivity index (χ1n) is 8.33. The van der Waals surface area contributed by atoms with Gasteiger partial charge in [-0.3, -0.25) is 9.59 Å². The molecule has 2 aromatic carbocycles. The van der Waals surface area contributed by atoms with Crippen LogP contribution in [0.2, 0.25) is 5.02 Å². The molecule has 6 nitrogen and oxygen atoms in total. The molecule has 0 saturated carbocycles. The Balaban J connectivity index is 1.57. The van der Waals surface area contributed by atoms with Crippen molar-refractivity contribution in [1.82, 2.24) is 0 Å². The number of thiophene rings is 1. The topological polar surface area (TPSA) is 95.5 Å². The fraction of sp³-hybridized carbons (Fsp3) is 0.0500. The lowest BCUT2D eigenvalue weighted by molar-refractivity contribution is -0.113. The predicted octanol–water partition coefficient (Wildman–Crippen LogP) is 5.08. The Labute approximate surface area is 179 Å². The van der Waals surface area contributed by atoms with E-state index in [2.05, 4.69) is 10.6 Å². The van der Waals surface area contributed by atoms with Crippen LogP contribution in [0.4, 0.5) is 11.4 Å². The number of carboxylic acids is 1. The van der Waals surface area contributed by atoms with Gasteiger partial charge in [-0.15, -0.1) is 23.1 Å². The van der Waals surface area contributed by atoms with Gasteiger partial charge in [-0.2, -0.15) is 0 Å². The molecule has 0 atom stereocenters. The molecule has 0 aliphatic rings. The highest BCUT2D eigenvalue weighted by Gasteiger charge is 2.12. The molecule has 0 fully saturated rings. The number of benzene rings is 2. The highest BCUT2D eigenvalue weighted by atomic mass is 35.5. The van der Waals surface area contributed by atoms with Gasteiger partial charge in [0.1, 0.15) is 0 Å². The number of carboxylic acid groups (broad SMARTS) is 1. The fourth-order valence-corrected chi connectivity index (χ4v) is 3.95. The lowest BCUT2D eigenvalue weighted by atomic mass is 10.2. The number of hydrogen-bond donors (Lipinski definition) is 3. The second-order valence-electron chi connectivity index (χ2n) is 5.80. The molecule has 0 radical (unpaired) electrons. The lowest BCUT2D eigenvalue weighted by Gasteiger charge is -2.08. The summed E-state index contributed by atoms with van der Waals surface area (Å²) in [6.07, 6.45) is 0. The van der Waals surface area contributed by atoms with Crippen molar-refractivity contribution in [2.24, 2.45) is 0 Å². The average molecular weight is 447 g/mol. The largest absolute Gasteiger partial charge is 0.478 e. The maximum Gasteiger partial charge on any atom is 0.337 e. The quantitative estimate of drug-likeness (QED) is 0.440. The molecular weight excluding hydrogens is 432 g/mol. The summed E-state index contributed by atoms with van der Waals surface area (Å²) in [7, 11) is 0. The number of halogens is 1. The van der Waals surface area contributed by atoms with Crippen molar-refractivity contribution in [3.8, 4) is 0 Å². The summed E-state index contributed by atoms with van der Waals surface area (Å²) in [5.74, 6) is -1.52. The molecule has 29 heavy (non-hydrogen) atoms. The molecule has 3 N–H and O–H groups in total. The molecule has 148 valence electrons. The molecule has 9 heteroatoms. The van der Waals surface area contributed by atoms with Crippen molar-refractivity contribution >= 4 is 63.9 Å². The van der Waals surface area contributed by atoms with Crippen molar-refractivity contribution in [2.75, 3.05) is 16.4 Å². The van der Waals surface area contributed by atoms with E-state index in [0.29, 0.717) is 16.3 Å². The highest BCUT2D eigenvalue weighted by Crippen LogP contribution is 2.24. The SMILES string of the molecule is O=C(CSc1cccc(NC(=O)c2cccs2)c1)Nc1ccc(Cl)c(C(=O)O)c1. The summed E-state index contributed by atoms with van der Waals surface area (Å²) >= 11 is 8.48. The van der Waals surface area contributed by atoms with Gasteiger partial charge < -0.3 is 15.7 Å². The van der Waals surface area contributed by atoms with Gasteiger partial charge in [0, 0.05) is 16.3 Å². The standard InChI is InChI=1S/C20H15ClN2O4S2/c21-16-7-6-13(10-15(16)20(26)27)22-18(24)11-29-14-4-1-3-12(9-14)23-19(25)17-5-2-8-28-17/h1-10H,11H2,(H,22,24)(H,23,25)(H,26,27). The molecule has 0 aliphatic carbocycles. The third-order valence-corrected chi connectivity index (χ3v) is 5.88. The van der Waals surface area contributed by atoms with E-state index in [1.807, 2.05) is 17.5 Å². The van der Waals surface area contributed by atoms with Crippen LogP contribution < -0.4 is 10.6 Å². The first-order valence-corrected chi connectivity index (χ1v) is 10.6. The maximum atomic E-state index is 12.2. The van der Waals surface area contributed by atoms with Crippen molar-refractivity contribution in [2.45, 2.75) is 4.90 Å². The van der Waals surface area contributed by atoms with Gasteiger partial charge in [0.25, 0.3) is 5.91 Å². The average Bonchev–Trinajstić information content (AvgIpc) is 3.23. The zero-order valence-electron chi connectivity index (χ0n) is 14.8. The van der Waals surface area contributed by atoms with E-state index in [9.17, 15) is 14.4 Å². The van der Waals surface area contributed by atoms with E-state index >= 15 is 0 Å². The van der Waals surface area contributed by atoms with E-state index in [0.717, 1.165) is 4.90 Å². The number of carbonyl (C=O) groups excluding carboxylic acids is 2. The molecule has 1 heterocycles.